The summed E-state index contributed by atoms with van der Waals surface area (Å²) in [6, 6.07) is 5.05. The smallest absolute Gasteiger partial charge is 0.201 e. The molecule has 3 aliphatic rings. The molecular weight excluding hydrogens is 516 g/mol. The molecule has 5 N–H and O–H groups in total. The van der Waals surface area contributed by atoms with Crippen LogP contribution in [0.25, 0.3) is 0 Å². The molecule has 1 saturated heterocycles. The number of aliphatic hydroxyl groups is 3. The fourth-order valence-electron chi connectivity index (χ4n) is 5.65. The molecule has 2 aliphatic carbocycles. The molecule has 0 amide bonds. The van der Waals surface area contributed by atoms with Gasteiger partial charge in [0.25, 0.3) is 0 Å². The Morgan fingerprint density at radius 1 is 0.923 bits per heavy atom. The normalized spacial score (nSPS) is 33.9. The molecule has 1 fully saturated rings. The molecule has 0 saturated carbocycles. The van der Waals surface area contributed by atoms with Crippen molar-refractivity contribution in [3.8, 4) is 11.5 Å². The van der Waals surface area contributed by atoms with Crippen LogP contribution >= 0.6 is 0 Å². The van der Waals surface area contributed by atoms with Gasteiger partial charge in [0.05, 0.1) is 17.2 Å². The van der Waals surface area contributed by atoms with Crippen molar-refractivity contribution < 1.29 is 58.9 Å². The van der Waals surface area contributed by atoms with E-state index in [1.807, 2.05) is 0 Å². The van der Waals surface area contributed by atoms with E-state index in [9.17, 15) is 39.9 Å². The van der Waals surface area contributed by atoms with Gasteiger partial charge in [0.2, 0.25) is 5.78 Å². The van der Waals surface area contributed by atoms with Crippen molar-refractivity contribution in [3.63, 3.8) is 0 Å². The van der Waals surface area contributed by atoms with E-state index < -0.39 is 82.9 Å². The fourth-order valence-corrected chi connectivity index (χ4v) is 5.65. The van der Waals surface area contributed by atoms with Gasteiger partial charge >= 0.3 is 0 Å². The number of methoxy groups -OCH3 is 2. The van der Waals surface area contributed by atoms with Crippen LogP contribution in [-0.2, 0) is 18.9 Å². The van der Waals surface area contributed by atoms with Crippen molar-refractivity contribution in [2.24, 2.45) is 0 Å². The second-order valence-corrected chi connectivity index (χ2v) is 10.0. The van der Waals surface area contributed by atoms with Crippen molar-refractivity contribution in [3.05, 3.63) is 57.6 Å². The van der Waals surface area contributed by atoms with E-state index >= 15 is 0 Å². The summed E-state index contributed by atoms with van der Waals surface area (Å²) in [6.07, 6.45) is -9.24. The molecule has 2 aromatic carbocycles. The maximum atomic E-state index is 13.5. The highest BCUT2D eigenvalue weighted by molar-refractivity contribution is 6.31. The van der Waals surface area contributed by atoms with Crippen molar-refractivity contribution in [1.29, 1.82) is 0 Å². The van der Waals surface area contributed by atoms with Crippen molar-refractivity contribution in [1.82, 2.24) is 0 Å². The highest BCUT2D eigenvalue weighted by Gasteiger charge is 2.56. The van der Waals surface area contributed by atoms with Gasteiger partial charge in [-0.05, 0) is 26.0 Å². The number of aliphatic hydroxyl groups excluding tert-OH is 2. The summed E-state index contributed by atoms with van der Waals surface area (Å²) in [4.78, 5) is 40.3. The molecule has 12 nitrogen and oxygen atoms in total. The lowest BCUT2D eigenvalue weighted by atomic mass is 9.72. The molecule has 0 radical (unpaired) electrons. The molecule has 0 bridgehead atoms. The Balaban J connectivity index is 1.71. The summed E-state index contributed by atoms with van der Waals surface area (Å²) in [5.41, 5.74) is -3.94. The standard InChI is InChI=1S/C27H28O12/c1-9-17(29)21(33)23(36-3)26(38-9)39-22-16-12(24(34)27(2,35)25(22)37-4)8-11-15(20(16)32)19(31)14-10(18(11)30)6-5-7-13(14)28/h5-9,17,21-23,25-26,28-29,32-33,35H,1-4H3/t9-,17-,21+,22+,23+,25-,26-,27-/m0/s1. The fraction of sp³-hybridized carbons (Fsp3) is 0.444. The third kappa shape index (κ3) is 3.83. The molecule has 1 aliphatic heterocycles. The van der Waals surface area contributed by atoms with E-state index in [2.05, 4.69) is 0 Å². The molecule has 208 valence electrons. The first-order chi connectivity index (χ1) is 18.4. The lowest BCUT2D eigenvalue weighted by molar-refractivity contribution is -0.321. The number of ketones is 3. The first-order valence-electron chi connectivity index (χ1n) is 12.2. The van der Waals surface area contributed by atoms with E-state index in [-0.39, 0.29) is 27.8 Å². The van der Waals surface area contributed by atoms with E-state index in [0.717, 1.165) is 6.07 Å². The van der Waals surface area contributed by atoms with Crippen LogP contribution in [0.3, 0.4) is 0 Å². The predicted molar refractivity (Wildman–Crippen MR) is 130 cm³/mol. The van der Waals surface area contributed by atoms with Crippen LogP contribution in [0.5, 0.6) is 11.5 Å². The lowest BCUT2D eigenvalue weighted by Gasteiger charge is -2.46. The number of phenolic OH excluding ortho intramolecular Hbond substituents is 2. The zero-order chi connectivity index (χ0) is 28.5. The molecular formula is C27H28O12. The molecule has 0 unspecified atom stereocenters. The Bertz CT molecular complexity index is 1380. The predicted octanol–water partition coefficient (Wildman–Crippen LogP) is 0.375. The minimum absolute atomic E-state index is 0.107. The van der Waals surface area contributed by atoms with Crippen LogP contribution < -0.4 is 0 Å². The van der Waals surface area contributed by atoms with Gasteiger partial charge in [0, 0.05) is 36.5 Å². The van der Waals surface area contributed by atoms with E-state index in [4.69, 9.17) is 18.9 Å². The molecule has 39 heavy (non-hydrogen) atoms. The van der Waals surface area contributed by atoms with Gasteiger partial charge < -0.3 is 44.5 Å². The second-order valence-electron chi connectivity index (χ2n) is 10.0. The number of carbonyl (C=O) groups is 3. The third-order valence-electron chi connectivity index (χ3n) is 7.74. The summed E-state index contributed by atoms with van der Waals surface area (Å²) < 4.78 is 22.6. The van der Waals surface area contributed by atoms with Gasteiger partial charge in [-0.1, -0.05) is 12.1 Å². The van der Waals surface area contributed by atoms with Gasteiger partial charge in [0.1, 0.15) is 42.0 Å². The number of carbonyl (C=O) groups excluding carboxylic acids is 3. The number of benzene rings is 2. The largest absolute Gasteiger partial charge is 0.507 e. The van der Waals surface area contributed by atoms with Gasteiger partial charge in [-0.3, -0.25) is 14.4 Å². The van der Waals surface area contributed by atoms with Gasteiger partial charge in [-0.25, -0.2) is 0 Å². The van der Waals surface area contributed by atoms with E-state index in [0.29, 0.717) is 0 Å². The average Bonchev–Trinajstić information content (AvgIpc) is 2.88. The van der Waals surface area contributed by atoms with E-state index in [1.54, 1.807) is 0 Å². The van der Waals surface area contributed by atoms with Gasteiger partial charge in [-0.2, -0.15) is 0 Å². The number of phenols is 2. The maximum absolute atomic E-state index is 13.5. The molecule has 12 heteroatoms. The van der Waals surface area contributed by atoms with Gasteiger partial charge in [-0.15, -0.1) is 0 Å². The quantitative estimate of drug-likeness (QED) is 0.304. The highest BCUT2D eigenvalue weighted by Crippen LogP contribution is 2.49. The topological polar surface area (TPSA) is 189 Å². The molecule has 0 spiro atoms. The number of rotatable bonds is 4. The number of hydrogen-bond donors (Lipinski definition) is 5. The van der Waals surface area contributed by atoms with Crippen LogP contribution in [0.4, 0.5) is 0 Å². The van der Waals surface area contributed by atoms with Gasteiger partial charge in [0.15, 0.2) is 23.5 Å². The molecule has 2 aromatic rings. The molecule has 8 atom stereocenters. The average molecular weight is 545 g/mol. The Morgan fingerprint density at radius 2 is 1.62 bits per heavy atom. The third-order valence-corrected chi connectivity index (χ3v) is 7.74. The minimum Gasteiger partial charge on any atom is -0.507 e. The SMILES string of the molecule is CO[C@H]1[C@H](O[C@@H]2c3c(cc4c(c3O)C(=O)c3c(O)cccc3C4=O)C(=O)[C@](C)(O)[C@H]2OC)O[C@@H](C)[C@H](O)[C@H]1O. The Kier molecular flexibility index (Phi) is 6.63. The number of hydrogen-bond acceptors (Lipinski definition) is 12. The van der Waals surface area contributed by atoms with Crippen LogP contribution in [0.15, 0.2) is 24.3 Å². The molecule has 5 rings (SSSR count). The Labute approximate surface area is 222 Å². The maximum Gasteiger partial charge on any atom is 0.201 e. The van der Waals surface area contributed by atoms with Crippen molar-refractivity contribution in [2.45, 2.75) is 62.4 Å². The van der Waals surface area contributed by atoms with E-state index in [1.165, 1.54) is 46.3 Å². The number of ether oxygens (including phenoxy) is 4. The second kappa shape index (κ2) is 9.45. The Morgan fingerprint density at radius 3 is 2.26 bits per heavy atom. The summed E-state index contributed by atoms with van der Waals surface area (Å²) in [5.74, 6) is -3.71. The van der Waals surface area contributed by atoms with Crippen molar-refractivity contribution in [2.75, 3.05) is 14.2 Å². The monoisotopic (exact) mass is 544 g/mol. The lowest BCUT2D eigenvalue weighted by Crippen LogP contribution is -2.60. The Hall–Kier alpha value is -3.23. The summed E-state index contributed by atoms with van der Waals surface area (Å²) in [6.45, 7) is 2.66. The first kappa shape index (κ1) is 27.3. The highest BCUT2D eigenvalue weighted by atomic mass is 16.7. The van der Waals surface area contributed by atoms with Crippen LogP contribution in [0, 0.1) is 0 Å². The van der Waals surface area contributed by atoms with Crippen molar-refractivity contribution >= 4 is 17.3 Å². The number of aromatic hydroxyl groups is 2. The summed E-state index contributed by atoms with van der Waals surface area (Å²) >= 11 is 0. The zero-order valence-corrected chi connectivity index (χ0v) is 21.4. The summed E-state index contributed by atoms with van der Waals surface area (Å²) in [5, 5.41) is 53.8. The number of Topliss-reactive ketones (excluding diaryl/α,β-unsaturated/α-hetero) is 1. The number of fused-ring (bicyclic) bond motifs is 3. The first-order valence-corrected chi connectivity index (χ1v) is 12.2. The molecule has 1 heterocycles. The van der Waals surface area contributed by atoms with Crippen LogP contribution in [0.2, 0.25) is 0 Å². The summed E-state index contributed by atoms with van der Waals surface area (Å²) in [7, 11) is 2.45. The molecule has 0 aromatic heterocycles. The zero-order valence-electron chi connectivity index (χ0n) is 21.4. The minimum atomic E-state index is -2.23. The van der Waals surface area contributed by atoms with Crippen LogP contribution in [-0.4, -0.2) is 99.5 Å². The van der Waals surface area contributed by atoms with Crippen LogP contribution in [0.1, 0.15) is 67.7 Å².